The normalized spacial score (nSPS) is 11.1. The highest BCUT2D eigenvalue weighted by Gasteiger charge is 2.08. The molecule has 3 rings (SSSR count). The van der Waals surface area contributed by atoms with E-state index in [4.69, 9.17) is 10.1 Å². The van der Waals surface area contributed by atoms with Crippen LogP contribution < -0.4 is 5.32 Å². The molecule has 3 aromatic rings. The van der Waals surface area contributed by atoms with Crippen molar-refractivity contribution in [2.75, 3.05) is 11.3 Å². The molecule has 0 atom stereocenters. The minimum atomic E-state index is 0. The first-order valence-corrected chi connectivity index (χ1v) is 9.25. The molecule has 0 unspecified atom stereocenters. The van der Waals surface area contributed by atoms with Crippen LogP contribution in [-0.2, 0) is 11.8 Å². The summed E-state index contributed by atoms with van der Waals surface area (Å²) in [6.45, 7) is 4.01. The van der Waals surface area contributed by atoms with Gasteiger partial charge in [0, 0.05) is 42.6 Å². The molecule has 0 aliphatic rings. The number of pyridine rings is 1. The predicted octanol–water partition coefficient (Wildman–Crippen LogP) is 4.27. The van der Waals surface area contributed by atoms with Crippen molar-refractivity contribution in [2.24, 2.45) is 7.05 Å². The molecule has 0 fully saturated rings. The van der Waals surface area contributed by atoms with E-state index in [-0.39, 0.29) is 7.53 Å². The van der Waals surface area contributed by atoms with Gasteiger partial charge in [-0.25, -0.2) is 9.78 Å². The maximum atomic E-state index is 7.68. The molecule has 2 aromatic heterocycles. The molecule has 26 heavy (non-hydrogen) atoms. The molecule has 3 N–H and O–H groups in total. The summed E-state index contributed by atoms with van der Waals surface area (Å²) in [7, 11) is 1.84. The summed E-state index contributed by atoms with van der Waals surface area (Å²) in [6, 6.07) is 9.84. The van der Waals surface area contributed by atoms with Gasteiger partial charge in [-0.1, -0.05) is 23.9 Å². The monoisotopic (exact) mass is 372 g/mol. The summed E-state index contributed by atoms with van der Waals surface area (Å²) in [4.78, 5) is 7.10. The van der Waals surface area contributed by atoms with Gasteiger partial charge in [-0.3, -0.25) is 5.10 Å². The maximum Gasteiger partial charge on any atom is 0.175 e. The Morgan fingerprint density at radius 2 is 2.23 bits per heavy atom. The molecule has 2 heterocycles. The molecule has 0 aliphatic carbocycles. The number of ether oxygens (including phenoxy) is 1. The number of thioether (sulfide) groups is 1. The Hall–Kier alpha value is -2.58. The Bertz CT molecular complexity index is 880. The van der Waals surface area contributed by atoms with Crippen molar-refractivity contribution < 1.29 is 6.16 Å². The molecule has 0 saturated heterocycles. The van der Waals surface area contributed by atoms with Crippen molar-refractivity contribution in [2.45, 2.75) is 24.8 Å². The molecule has 0 bridgehead atoms. The zero-order valence-corrected chi connectivity index (χ0v) is 15.8. The SMILES string of the molecule is CC(C)OCSc1cnc(Nc2cccc(-c3nn(C)[nH]3)c2)c(C=N)c1.[HH]. The van der Waals surface area contributed by atoms with E-state index in [2.05, 4.69) is 20.5 Å². The lowest BCUT2D eigenvalue weighted by Crippen LogP contribution is -2.11. The second-order valence-corrected chi connectivity index (χ2v) is 7.02. The number of hydrogen-bond acceptors (Lipinski definition) is 6. The van der Waals surface area contributed by atoms with Crippen LogP contribution in [0.4, 0.5) is 11.5 Å². The Morgan fingerprint density at radius 1 is 1.42 bits per heavy atom. The largest absolute Gasteiger partial charge is 0.368 e. The van der Waals surface area contributed by atoms with Gasteiger partial charge in [0.2, 0.25) is 0 Å². The first-order chi connectivity index (χ1) is 12.5. The van der Waals surface area contributed by atoms with Crippen LogP contribution in [0.1, 0.15) is 20.8 Å². The number of rotatable bonds is 8. The van der Waals surface area contributed by atoms with Crippen LogP contribution in [0.5, 0.6) is 0 Å². The van der Waals surface area contributed by atoms with E-state index < -0.39 is 0 Å². The Labute approximate surface area is 158 Å². The van der Waals surface area contributed by atoms with E-state index >= 15 is 0 Å². The minimum absolute atomic E-state index is 0. The van der Waals surface area contributed by atoms with E-state index in [9.17, 15) is 0 Å². The van der Waals surface area contributed by atoms with Crippen molar-refractivity contribution in [1.29, 1.82) is 5.41 Å². The van der Waals surface area contributed by atoms with Crippen molar-refractivity contribution in [1.82, 2.24) is 20.0 Å². The number of anilines is 2. The van der Waals surface area contributed by atoms with Gasteiger partial charge in [-0.15, -0.1) is 5.10 Å². The Morgan fingerprint density at radius 3 is 2.92 bits per heavy atom. The van der Waals surface area contributed by atoms with E-state index in [1.807, 2.05) is 51.2 Å². The smallest absolute Gasteiger partial charge is 0.175 e. The zero-order valence-electron chi connectivity index (χ0n) is 15.0. The number of aromatic nitrogens is 4. The van der Waals surface area contributed by atoms with Crippen molar-refractivity contribution in [3.63, 3.8) is 0 Å². The summed E-state index contributed by atoms with van der Waals surface area (Å²) in [6.07, 6.45) is 3.29. The molecule has 7 nitrogen and oxygen atoms in total. The first-order valence-electron chi connectivity index (χ1n) is 8.26. The van der Waals surface area contributed by atoms with Gasteiger partial charge in [0.25, 0.3) is 0 Å². The fraction of sp³-hybridized carbons (Fsp3) is 0.278. The van der Waals surface area contributed by atoms with Crippen LogP contribution in [-0.4, -0.2) is 38.2 Å². The minimum Gasteiger partial charge on any atom is -0.368 e. The summed E-state index contributed by atoms with van der Waals surface area (Å²) in [5.41, 5.74) is 2.60. The highest BCUT2D eigenvalue weighted by molar-refractivity contribution is 7.99. The number of hydrogen-bond donors (Lipinski definition) is 3. The third-order valence-corrected chi connectivity index (χ3v) is 4.40. The average Bonchev–Trinajstić information content (AvgIpc) is 2.60. The molecule has 0 spiro atoms. The number of benzene rings is 1. The van der Waals surface area contributed by atoms with Gasteiger partial charge in [-0.05, 0) is 32.0 Å². The first kappa shape index (κ1) is 18.2. The average molecular weight is 372 g/mol. The van der Waals surface area contributed by atoms with Crippen LogP contribution in [0.2, 0.25) is 0 Å². The fourth-order valence-electron chi connectivity index (χ4n) is 2.30. The van der Waals surface area contributed by atoms with Gasteiger partial charge < -0.3 is 15.5 Å². The van der Waals surface area contributed by atoms with Gasteiger partial charge in [0.05, 0.1) is 12.0 Å². The third-order valence-electron chi connectivity index (χ3n) is 3.59. The fourth-order valence-corrected chi connectivity index (χ4v) is 3.12. The van der Waals surface area contributed by atoms with E-state index in [1.54, 1.807) is 22.8 Å². The summed E-state index contributed by atoms with van der Waals surface area (Å²) >= 11 is 1.57. The number of aromatic amines is 1. The second-order valence-electron chi connectivity index (χ2n) is 6.02. The maximum absolute atomic E-state index is 7.68. The highest BCUT2D eigenvalue weighted by Crippen LogP contribution is 2.26. The third kappa shape index (κ3) is 4.53. The Kier molecular flexibility index (Phi) is 5.75. The van der Waals surface area contributed by atoms with Gasteiger partial charge in [0.1, 0.15) is 5.82 Å². The van der Waals surface area contributed by atoms with Gasteiger partial charge >= 0.3 is 0 Å². The van der Waals surface area contributed by atoms with Crippen LogP contribution in [0.15, 0.2) is 41.4 Å². The van der Waals surface area contributed by atoms with Crippen LogP contribution >= 0.6 is 11.8 Å². The molecular formula is C18H24N6OS. The van der Waals surface area contributed by atoms with Crippen molar-refractivity contribution >= 4 is 29.5 Å². The molecule has 0 amide bonds. The topological polar surface area (TPSA) is 91.6 Å². The van der Waals surface area contributed by atoms with Crippen molar-refractivity contribution in [3.8, 4) is 11.4 Å². The standard InChI is InChI=1S/C18H22N6OS.H2/c1-12(2)25-11-26-16-8-14(9-19)17(20-10-16)21-15-6-4-5-13(7-15)18-22-24(3)23-18;/h4-10,12,19H,11H2,1-3H3,(H,20,21)(H,22,23);1H. The van der Waals surface area contributed by atoms with E-state index in [0.29, 0.717) is 11.8 Å². The second kappa shape index (κ2) is 8.20. The zero-order chi connectivity index (χ0) is 18.5. The molecular weight excluding hydrogens is 348 g/mol. The Balaban J connectivity index is 0.00000261. The lowest BCUT2D eigenvalue weighted by molar-refractivity contribution is 0.120. The van der Waals surface area contributed by atoms with E-state index in [1.165, 1.54) is 6.21 Å². The molecule has 138 valence electrons. The van der Waals surface area contributed by atoms with Crippen LogP contribution in [0.25, 0.3) is 11.4 Å². The summed E-state index contributed by atoms with van der Waals surface area (Å²) in [5, 5.41) is 18.3. The molecule has 0 radical (unpaired) electrons. The van der Waals surface area contributed by atoms with Crippen LogP contribution in [0.3, 0.4) is 0 Å². The van der Waals surface area contributed by atoms with E-state index in [0.717, 1.165) is 27.5 Å². The lowest BCUT2D eigenvalue weighted by Gasteiger charge is -2.13. The molecule has 0 saturated carbocycles. The van der Waals surface area contributed by atoms with Crippen molar-refractivity contribution in [3.05, 3.63) is 42.1 Å². The van der Waals surface area contributed by atoms with Gasteiger partial charge in [0.15, 0.2) is 5.82 Å². The molecule has 0 aliphatic heterocycles. The summed E-state index contributed by atoms with van der Waals surface area (Å²) in [5.74, 6) is 2.04. The van der Waals surface area contributed by atoms with Gasteiger partial charge in [-0.2, -0.15) is 0 Å². The molecule has 1 aromatic carbocycles. The quantitative estimate of drug-likeness (QED) is 0.312. The lowest BCUT2D eigenvalue weighted by atomic mass is 10.2. The molecule has 8 heteroatoms. The highest BCUT2D eigenvalue weighted by atomic mass is 32.2. The number of nitrogens with one attached hydrogen (secondary N) is 3. The number of H-pyrrole nitrogens is 1. The summed E-state index contributed by atoms with van der Waals surface area (Å²) < 4.78 is 5.55. The predicted molar refractivity (Wildman–Crippen MR) is 107 cm³/mol. The number of aryl methyl sites for hydroxylation is 1. The van der Waals surface area contributed by atoms with Crippen LogP contribution in [0, 0.1) is 5.41 Å². The number of nitrogens with zero attached hydrogens (tertiary/aromatic N) is 3.